The number of ketones is 1. The number of amides is 4. The number of aliphatic hydroxyl groups excluding tert-OH is 2. The highest BCUT2D eigenvalue weighted by atomic mass is 16.7. The summed E-state index contributed by atoms with van der Waals surface area (Å²) >= 11 is 0. The second kappa shape index (κ2) is 30.3. The van der Waals surface area contributed by atoms with Crippen LogP contribution >= 0.6 is 0 Å². The molecule has 5 heterocycles. The van der Waals surface area contributed by atoms with Crippen LogP contribution in [-0.2, 0) is 58.9 Å². The standard InChI is InChI=1S/C65H82N4O23/c1-35-25-46-59(75)68(63(78)87-34-40-18-19-49(43(27-40)48(72)17-16-20-84-24-23-80-9)90-62-37(3)54(88-38(4)70)55(89-39(5)71)56(91-62)61(77)83-12)44-30-52(50(81-10)28-41(44)57(73)66(46)32-35)85-21-14-13-15-22-86-53-31-45-42(29-51(53)82-11)58(74)67-33-36(2)26-47(67)60(76)69(45)64(79)92-65(6,7)8/h18-19,27-31,37,46-47,54-56,59-60,62,75-76H,1-2,13-17,20-26,32-34H2,3-12H3/t37-,46+,47+,54-,55+,56+,59?,60?,62-/m1/s1. The first-order valence-electron chi connectivity index (χ1n) is 30.3. The summed E-state index contributed by atoms with van der Waals surface area (Å²) in [7, 11) is 5.44. The van der Waals surface area contributed by atoms with Crippen molar-refractivity contribution in [2.24, 2.45) is 5.92 Å². The molecule has 27 heteroatoms. The number of carbonyl (C=O) groups excluding carboxylic acids is 8. The Balaban J connectivity index is 0.989. The lowest BCUT2D eigenvalue weighted by Gasteiger charge is -2.42. The summed E-state index contributed by atoms with van der Waals surface area (Å²) in [6.45, 7) is 17.9. The van der Waals surface area contributed by atoms with E-state index in [0.717, 1.165) is 36.3 Å². The van der Waals surface area contributed by atoms with Crippen molar-refractivity contribution in [1.82, 2.24) is 9.80 Å². The Morgan fingerprint density at radius 1 is 0.652 bits per heavy atom. The van der Waals surface area contributed by atoms with Gasteiger partial charge in [-0.05, 0) is 89.1 Å². The maximum absolute atomic E-state index is 14.7. The molecule has 3 aromatic rings. The molecule has 5 aliphatic rings. The third-order valence-electron chi connectivity index (χ3n) is 15.9. The van der Waals surface area contributed by atoms with Crippen LogP contribution in [-0.4, -0.2) is 197 Å². The molecule has 3 saturated heterocycles. The molecule has 8 rings (SSSR count). The molecule has 0 spiro atoms. The zero-order valence-electron chi connectivity index (χ0n) is 53.5. The Hall–Kier alpha value is -8.50. The maximum atomic E-state index is 14.7. The monoisotopic (exact) mass is 1290 g/mol. The largest absolute Gasteiger partial charge is 0.493 e. The van der Waals surface area contributed by atoms with Gasteiger partial charge in [0.1, 0.15) is 18.0 Å². The minimum Gasteiger partial charge on any atom is -0.493 e. The van der Waals surface area contributed by atoms with Gasteiger partial charge in [-0.15, -0.1) is 0 Å². The van der Waals surface area contributed by atoms with Gasteiger partial charge >= 0.3 is 30.1 Å². The molecule has 3 aromatic carbocycles. The molecular formula is C65H82N4O23. The van der Waals surface area contributed by atoms with E-state index in [1.807, 2.05) is 0 Å². The van der Waals surface area contributed by atoms with E-state index >= 15 is 0 Å². The quantitative estimate of drug-likeness (QED) is 0.0289. The zero-order chi connectivity index (χ0) is 66.9. The second-order valence-electron chi connectivity index (χ2n) is 23.8. The number of ether oxygens (including phenoxy) is 13. The van der Waals surface area contributed by atoms with Crippen molar-refractivity contribution >= 4 is 59.1 Å². The lowest BCUT2D eigenvalue weighted by molar-refractivity contribution is -0.261. The number of nitrogens with zero attached hydrogens (tertiary/aromatic N) is 4. The van der Waals surface area contributed by atoms with E-state index < -0.39 is 115 Å². The summed E-state index contributed by atoms with van der Waals surface area (Å²) < 4.78 is 74.5. The molecule has 500 valence electrons. The highest BCUT2D eigenvalue weighted by molar-refractivity contribution is 6.07. The summed E-state index contributed by atoms with van der Waals surface area (Å²) in [6.07, 6.45) is -8.56. The van der Waals surface area contributed by atoms with Gasteiger partial charge in [-0.2, -0.15) is 0 Å². The molecule has 27 nitrogen and oxygen atoms in total. The van der Waals surface area contributed by atoms with E-state index in [2.05, 4.69) is 13.2 Å². The van der Waals surface area contributed by atoms with Crippen LogP contribution in [0.25, 0.3) is 0 Å². The molecule has 0 aromatic heterocycles. The molecule has 92 heavy (non-hydrogen) atoms. The van der Waals surface area contributed by atoms with E-state index in [1.165, 1.54) is 73.6 Å². The van der Waals surface area contributed by atoms with Crippen LogP contribution < -0.4 is 33.5 Å². The van der Waals surface area contributed by atoms with E-state index in [1.54, 1.807) is 27.7 Å². The van der Waals surface area contributed by atoms with Crippen molar-refractivity contribution in [3.8, 4) is 28.7 Å². The first-order chi connectivity index (χ1) is 43.8. The predicted molar refractivity (Wildman–Crippen MR) is 326 cm³/mol. The Bertz CT molecular complexity index is 3290. The summed E-state index contributed by atoms with van der Waals surface area (Å²) in [6, 6.07) is 8.50. The number of rotatable bonds is 25. The normalized spacial score (nSPS) is 22.6. The average molecular weight is 1290 g/mol. The fraction of sp³-hybridized carbons (Fsp3) is 0.538. The van der Waals surface area contributed by atoms with Crippen LogP contribution in [0.5, 0.6) is 28.7 Å². The molecule has 0 bridgehead atoms. The number of fused-ring (bicyclic) bond motifs is 4. The van der Waals surface area contributed by atoms with Crippen molar-refractivity contribution in [3.05, 3.63) is 89.0 Å². The Labute approximate surface area is 533 Å². The lowest BCUT2D eigenvalue weighted by Crippen LogP contribution is -2.60. The van der Waals surface area contributed by atoms with Crippen molar-refractivity contribution in [2.45, 2.75) is 148 Å². The van der Waals surface area contributed by atoms with Crippen molar-refractivity contribution in [1.29, 1.82) is 0 Å². The average Bonchev–Trinajstić information content (AvgIpc) is 1.57. The molecule has 4 amide bonds. The van der Waals surface area contributed by atoms with Crippen LogP contribution in [0, 0.1) is 5.92 Å². The number of carbonyl (C=O) groups is 8. The van der Waals surface area contributed by atoms with E-state index in [-0.39, 0.29) is 121 Å². The topological polar surface area (TPSA) is 310 Å². The van der Waals surface area contributed by atoms with Gasteiger partial charge in [0.25, 0.3) is 11.8 Å². The number of methoxy groups -OCH3 is 4. The van der Waals surface area contributed by atoms with Gasteiger partial charge in [0, 0.05) is 59.2 Å². The van der Waals surface area contributed by atoms with Gasteiger partial charge in [0.2, 0.25) is 6.29 Å². The molecule has 0 radical (unpaired) electrons. The van der Waals surface area contributed by atoms with Crippen molar-refractivity contribution in [3.63, 3.8) is 0 Å². The highest BCUT2D eigenvalue weighted by Crippen LogP contribution is 2.45. The third-order valence-corrected chi connectivity index (χ3v) is 15.9. The van der Waals surface area contributed by atoms with Gasteiger partial charge in [-0.1, -0.05) is 37.3 Å². The van der Waals surface area contributed by atoms with Crippen LogP contribution in [0.2, 0.25) is 0 Å². The third kappa shape index (κ3) is 15.9. The molecule has 2 unspecified atom stereocenters. The Kier molecular flexibility index (Phi) is 22.8. The van der Waals surface area contributed by atoms with Crippen LogP contribution in [0.4, 0.5) is 21.0 Å². The smallest absolute Gasteiger partial charge is 0.417 e. The number of aliphatic hydroxyl groups is 2. The van der Waals surface area contributed by atoms with Gasteiger partial charge in [-0.3, -0.25) is 24.0 Å². The number of esters is 3. The minimum atomic E-state index is -1.66. The SMILES string of the molecule is C=C1C[C@H]2C(O)N(C(=O)OCc3ccc(O[C@@H]4O[C@H](C(=O)OC)[C@@H](OC(C)=O)[C@H](OC(C)=O)[C@H]4C)c(C(=O)CCCOCCOC)c3)c3cc(OCCCCCOc4cc5c(cc4OC)C(=O)N4CC(=C)C[C@H]4C(O)N5C(=O)OC(C)(C)C)c(OC)cc3C(=O)N2C1. The summed E-state index contributed by atoms with van der Waals surface area (Å²) in [5, 5.41) is 23.9. The summed E-state index contributed by atoms with van der Waals surface area (Å²) in [4.78, 5) is 114. The number of Topliss-reactive ketones (excluding diaryl/α,β-unsaturated/α-hetero) is 1. The second-order valence-corrected chi connectivity index (χ2v) is 23.8. The summed E-state index contributed by atoms with van der Waals surface area (Å²) in [5.74, 6) is -4.08. The predicted octanol–water partition coefficient (Wildman–Crippen LogP) is 6.82. The molecule has 9 atom stereocenters. The number of anilines is 2. The first kappa shape index (κ1) is 69.4. The molecule has 5 aliphatic heterocycles. The van der Waals surface area contributed by atoms with E-state index in [4.69, 9.17) is 61.6 Å². The molecule has 3 fully saturated rings. The fourth-order valence-corrected chi connectivity index (χ4v) is 11.6. The number of unbranched alkanes of at least 4 members (excludes halogenated alkanes) is 2. The Morgan fingerprint density at radius 3 is 1.71 bits per heavy atom. The van der Waals surface area contributed by atoms with Gasteiger partial charge < -0.3 is 81.6 Å². The fourth-order valence-electron chi connectivity index (χ4n) is 11.6. The Morgan fingerprint density at radius 2 is 1.20 bits per heavy atom. The molecule has 2 N–H and O–H groups in total. The molecule has 0 saturated carbocycles. The van der Waals surface area contributed by atoms with Crippen molar-refractivity contribution < 1.29 is 110 Å². The van der Waals surface area contributed by atoms with Gasteiger partial charge in [-0.25, -0.2) is 24.2 Å². The summed E-state index contributed by atoms with van der Waals surface area (Å²) in [5.41, 5.74) is 0.886. The van der Waals surface area contributed by atoms with Crippen LogP contribution in [0.1, 0.15) is 123 Å². The zero-order valence-corrected chi connectivity index (χ0v) is 53.5. The molecule has 0 aliphatic carbocycles. The number of hydrogen-bond acceptors (Lipinski definition) is 23. The minimum absolute atomic E-state index is 0.00330. The van der Waals surface area contributed by atoms with E-state index in [9.17, 15) is 48.6 Å². The maximum Gasteiger partial charge on any atom is 0.417 e. The number of benzene rings is 3. The van der Waals surface area contributed by atoms with E-state index in [0.29, 0.717) is 38.0 Å². The highest BCUT2D eigenvalue weighted by Gasteiger charge is 2.53. The van der Waals surface area contributed by atoms with Gasteiger partial charge in [0.05, 0.1) is 93.8 Å². The van der Waals surface area contributed by atoms with Crippen LogP contribution in [0.15, 0.2) is 66.8 Å². The number of hydrogen-bond donors (Lipinski definition) is 2. The first-order valence-corrected chi connectivity index (χ1v) is 30.3. The molecular weight excluding hydrogens is 1200 g/mol. The van der Waals surface area contributed by atoms with Gasteiger partial charge in [0.15, 0.2) is 59.5 Å². The van der Waals surface area contributed by atoms with Crippen LogP contribution in [0.3, 0.4) is 0 Å². The van der Waals surface area contributed by atoms with Crippen molar-refractivity contribution in [2.75, 3.05) is 84.4 Å². The lowest BCUT2D eigenvalue weighted by atomic mass is 9.91.